The van der Waals surface area contributed by atoms with Crippen LogP contribution in [0.25, 0.3) is 0 Å². The molecule has 3 rings (SSSR count). The summed E-state index contributed by atoms with van der Waals surface area (Å²) in [5.74, 6) is -0.140. The molecular weight excluding hydrogens is 253 g/mol. The maximum atomic E-state index is 13.5. The van der Waals surface area contributed by atoms with Gasteiger partial charge in [-0.3, -0.25) is 4.90 Å². The maximum Gasteiger partial charge on any atom is 0.123 e. The van der Waals surface area contributed by atoms with E-state index in [0.717, 1.165) is 50.9 Å². The summed E-state index contributed by atoms with van der Waals surface area (Å²) in [7, 11) is 0. The molecule has 1 aliphatic heterocycles. The fraction of sp³-hybridized carbons (Fsp3) is 0.625. The Balaban J connectivity index is 1.69. The second-order valence-electron chi connectivity index (χ2n) is 5.81. The first-order valence-electron chi connectivity index (χ1n) is 7.76. The van der Waals surface area contributed by atoms with Crippen molar-refractivity contribution in [1.82, 2.24) is 10.2 Å². The molecule has 0 amide bonds. The third kappa shape index (κ3) is 3.13. The molecular formula is C16H24FN3. The highest BCUT2D eigenvalue weighted by molar-refractivity contribution is 5.54. The molecule has 0 spiro atoms. The molecule has 4 heteroatoms. The SMILES string of the molecule is CCNCc1cc(F)ccc1N1CCN(C2CC2)CC1. The summed E-state index contributed by atoms with van der Waals surface area (Å²) in [6.45, 7) is 8.12. The van der Waals surface area contributed by atoms with Gasteiger partial charge in [0.15, 0.2) is 0 Å². The van der Waals surface area contributed by atoms with Crippen LogP contribution in [0, 0.1) is 5.82 Å². The molecule has 0 bridgehead atoms. The first-order valence-corrected chi connectivity index (χ1v) is 7.76. The second-order valence-corrected chi connectivity index (χ2v) is 5.81. The predicted molar refractivity (Wildman–Crippen MR) is 80.6 cm³/mol. The van der Waals surface area contributed by atoms with Gasteiger partial charge in [0.25, 0.3) is 0 Å². The quantitative estimate of drug-likeness (QED) is 0.890. The first kappa shape index (κ1) is 13.8. The highest BCUT2D eigenvalue weighted by atomic mass is 19.1. The number of halogens is 1. The highest BCUT2D eigenvalue weighted by Gasteiger charge is 2.31. The van der Waals surface area contributed by atoms with E-state index in [1.807, 2.05) is 6.07 Å². The van der Waals surface area contributed by atoms with E-state index in [1.165, 1.54) is 18.5 Å². The van der Waals surface area contributed by atoms with Crippen LogP contribution in [0.3, 0.4) is 0 Å². The van der Waals surface area contributed by atoms with Crippen LogP contribution in [0.1, 0.15) is 25.3 Å². The number of hydrogen-bond acceptors (Lipinski definition) is 3. The number of benzene rings is 1. The van der Waals surface area contributed by atoms with Crippen LogP contribution in [0.4, 0.5) is 10.1 Å². The molecule has 20 heavy (non-hydrogen) atoms. The highest BCUT2D eigenvalue weighted by Crippen LogP contribution is 2.29. The topological polar surface area (TPSA) is 18.5 Å². The fourth-order valence-electron chi connectivity index (χ4n) is 3.03. The Kier molecular flexibility index (Phi) is 4.22. The Labute approximate surface area is 120 Å². The smallest absolute Gasteiger partial charge is 0.123 e. The largest absolute Gasteiger partial charge is 0.369 e. The molecule has 1 saturated heterocycles. The third-order valence-electron chi connectivity index (χ3n) is 4.33. The maximum absolute atomic E-state index is 13.5. The summed E-state index contributed by atoms with van der Waals surface area (Å²) >= 11 is 0. The number of nitrogens with zero attached hydrogens (tertiary/aromatic N) is 2. The molecule has 1 N–H and O–H groups in total. The normalized spacial score (nSPS) is 20.4. The molecule has 2 fully saturated rings. The molecule has 1 aromatic rings. The van der Waals surface area contributed by atoms with E-state index < -0.39 is 0 Å². The standard InChI is InChI=1S/C16H24FN3/c1-2-18-12-13-11-14(17)3-6-16(13)20-9-7-19(8-10-20)15-4-5-15/h3,6,11,15,18H,2,4-5,7-10,12H2,1H3. The van der Waals surface area contributed by atoms with Gasteiger partial charge in [-0.2, -0.15) is 0 Å². The minimum atomic E-state index is -0.140. The number of rotatable bonds is 5. The molecule has 2 aliphatic rings. The lowest BCUT2D eigenvalue weighted by Gasteiger charge is -2.37. The Morgan fingerprint density at radius 1 is 1.20 bits per heavy atom. The van der Waals surface area contributed by atoms with Crippen molar-refractivity contribution in [3.05, 3.63) is 29.6 Å². The van der Waals surface area contributed by atoms with Crippen molar-refractivity contribution in [2.45, 2.75) is 32.4 Å². The Morgan fingerprint density at radius 3 is 2.60 bits per heavy atom. The summed E-state index contributed by atoms with van der Waals surface area (Å²) in [5, 5.41) is 3.30. The third-order valence-corrected chi connectivity index (χ3v) is 4.33. The van der Waals surface area contributed by atoms with Gasteiger partial charge < -0.3 is 10.2 Å². The van der Waals surface area contributed by atoms with E-state index in [-0.39, 0.29) is 5.82 Å². The molecule has 0 aromatic heterocycles. The van der Waals surface area contributed by atoms with E-state index in [1.54, 1.807) is 12.1 Å². The Hall–Kier alpha value is -1.13. The van der Waals surface area contributed by atoms with E-state index in [2.05, 4.69) is 22.0 Å². The van der Waals surface area contributed by atoms with Gasteiger partial charge in [-0.25, -0.2) is 4.39 Å². The summed E-state index contributed by atoms with van der Waals surface area (Å²) in [5.41, 5.74) is 2.27. The van der Waals surface area contributed by atoms with Crippen molar-refractivity contribution >= 4 is 5.69 Å². The Bertz CT molecular complexity index is 451. The van der Waals surface area contributed by atoms with Gasteiger partial charge in [0.1, 0.15) is 5.82 Å². The van der Waals surface area contributed by atoms with Gasteiger partial charge in [0.05, 0.1) is 0 Å². The second kappa shape index (κ2) is 6.10. The lowest BCUT2D eigenvalue weighted by molar-refractivity contribution is 0.248. The van der Waals surface area contributed by atoms with Crippen molar-refractivity contribution in [2.75, 3.05) is 37.6 Å². The van der Waals surface area contributed by atoms with Crippen molar-refractivity contribution in [2.24, 2.45) is 0 Å². The average molecular weight is 277 g/mol. The lowest BCUT2D eigenvalue weighted by atomic mass is 10.1. The summed E-state index contributed by atoms with van der Waals surface area (Å²) < 4.78 is 13.5. The van der Waals surface area contributed by atoms with E-state index in [9.17, 15) is 4.39 Å². The molecule has 0 unspecified atom stereocenters. The lowest BCUT2D eigenvalue weighted by Crippen LogP contribution is -2.47. The molecule has 3 nitrogen and oxygen atoms in total. The predicted octanol–water partition coefficient (Wildman–Crippen LogP) is 2.22. The van der Waals surface area contributed by atoms with Crippen LogP contribution in [-0.4, -0.2) is 43.7 Å². The molecule has 1 aliphatic carbocycles. The zero-order valence-corrected chi connectivity index (χ0v) is 12.2. The van der Waals surface area contributed by atoms with E-state index in [0.29, 0.717) is 0 Å². The van der Waals surface area contributed by atoms with Crippen molar-refractivity contribution in [3.63, 3.8) is 0 Å². The average Bonchev–Trinajstić information content (AvgIpc) is 3.30. The Morgan fingerprint density at radius 2 is 1.95 bits per heavy atom. The van der Waals surface area contributed by atoms with Crippen LogP contribution < -0.4 is 10.2 Å². The van der Waals surface area contributed by atoms with E-state index in [4.69, 9.17) is 0 Å². The van der Waals surface area contributed by atoms with Gasteiger partial charge in [-0.05, 0) is 43.1 Å². The first-order chi connectivity index (χ1) is 9.78. The van der Waals surface area contributed by atoms with Gasteiger partial charge in [0.2, 0.25) is 0 Å². The van der Waals surface area contributed by atoms with E-state index >= 15 is 0 Å². The minimum Gasteiger partial charge on any atom is -0.369 e. The molecule has 1 saturated carbocycles. The number of anilines is 1. The van der Waals surface area contributed by atoms with Gasteiger partial charge in [-0.15, -0.1) is 0 Å². The van der Waals surface area contributed by atoms with Crippen molar-refractivity contribution < 1.29 is 4.39 Å². The van der Waals surface area contributed by atoms with Crippen molar-refractivity contribution in [3.8, 4) is 0 Å². The molecule has 1 heterocycles. The van der Waals surface area contributed by atoms with Crippen molar-refractivity contribution in [1.29, 1.82) is 0 Å². The monoisotopic (exact) mass is 277 g/mol. The summed E-state index contributed by atoms with van der Waals surface area (Å²) in [6.07, 6.45) is 2.75. The molecule has 0 radical (unpaired) electrons. The zero-order valence-electron chi connectivity index (χ0n) is 12.2. The van der Waals surface area contributed by atoms with Gasteiger partial charge >= 0.3 is 0 Å². The van der Waals surface area contributed by atoms with Crippen LogP contribution in [0.2, 0.25) is 0 Å². The zero-order chi connectivity index (χ0) is 13.9. The van der Waals surface area contributed by atoms with Crippen LogP contribution in [0.15, 0.2) is 18.2 Å². The van der Waals surface area contributed by atoms with Crippen LogP contribution in [-0.2, 0) is 6.54 Å². The molecule has 110 valence electrons. The number of nitrogens with one attached hydrogen (secondary N) is 1. The fourth-order valence-corrected chi connectivity index (χ4v) is 3.03. The number of hydrogen-bond donors (Lipinski definition) is 1. The number of piperazine rings is 1. The molecule has 0 atom stereocenters. The molecule has 1 aromatic carbocycles. The van der Waals surface area contributed by atoms with Gasteiger partial charge in [-0.1, -0.05) is 6.92 Å². The summed E-state index contributed by atoms with van der Waals surface area (Å²) in [6, 6.07) is 6.05. The summed E-state index contributed by atoms with van der Waals surface area (Å²) in [4.78, 5) is 5.01. The van der Waals surface area contributed by atoms with Crippen LogP contribution >= 0.6 is 0 Å². The van der Waals surface area contributed by atoms with Crippen LogP contribution in [0.5, 0.6) is 0 Å². The van der Waals surface area contributed by atoms with Gasteiger partial charge in [0, 0.05) is 44.5 Å². The minimum absolute atomic E-state index is 0.140.